The Labute approximate surface area is 228 Å². The van der Waals surface area contributed by atoms with E-state index in [1.807, 2.05) is 65.3 Å². The third kappa shape index (κ3) is 5.20. The quantitative estimate of drug-likeness (QED) is 0.226. The molecule has 1 aliphatic heterocycles. The number of aryl methyl sites for hydroxylation is 1. The topological polar surface area (TPSA) is 55.7 Å². The number of nitrogens with zero attached hydrogens (tertiary/aromatic N) is 5. The van der Waals surface area contributed by atoms with E-state index in [4.69, 9.17) is 14.6 Å². The number of para-hydroxylation sites is 1. The highest BCUT2D eigenvalue weighted by Crippen LogP contribution is 2.37. The fourth-order valence-corrected chi connectivity index (χ4v) is 4.80. The van der Waals surface area contributed by atoms with Gasteiger partial charge in [0.05, 0.1) is 18.1 Å². The molecule has 0 spiro atoms. The minimum absolute atomic E-state index is 0.533. The minimum Gasteiger partial charge on any atom is -0.457 e. The molecule has 3 aromatic carbocycles. The molecule has 0 aliphatic carbocycles. The molecule has 0 unspecified atom stereocenters. The molecule has 7 heteroatoms. The lowest BCUT2D eigenvalue weighted by Gasteiger charge is -2.20. The highest BCUT2D eigenvalue weighted by atomic mass is 16.5. The molecular formula is C32H29N5O2. The summed E-state index contributed by atoms with van der Waals surface area (Å²) in [6.07, 6.45) is 5.85. The van der Waals surface area contributed by atoms with Gasteiger partial charge in [-0.3, -0.25) is 0 Å². The molecule has 0 N–H and O–H groups in total. The van der Waals surface area contributed by atoms with Crippen LogP contribution in [0.5, 0.6) is 23.1 Å². The van der Waals surface area contributed by atoms with Crippen molar-refractivity contribution in [2.75, 3.05) is 18.6 Å². The number of aromatic nitrogens is 3. The Kier molecular flexibility index (Phi) is 6.47. The molecule has 0 radical (unpaired) electrons. The number of ether oxygens (including phenoxy) is 2. The van der Waals surface area contributed by atoms with Crippen molar-refractivity contribution in [3.05, 3.63) is 121 Å². The lowest BCUT2D eigenvalue weighted by Crippen LogP contribution is -2.21. The van der Waals surface area contributed by atoms with Crippen LogP contribution in [0.2, 0.25) is 0 Å². The van der Waals surface area contributed by atoms with Gasteiger partial charge in [-0.2, -0.15) is 5.10 Å². The van der Waals surface area contributed by atoms with Crippen LogP contribution < -0.4 is 14.4 Å². The van der Waals surface area contributed by atoms with Gasteiger partial charge < -0.3 is 19.3 Å². The van der Waals surface area contributed by atoms with Gasteiger partial charge in [-0.15, -0.1) is 0 Å². The molecule has 0 fully saturated rings. The summed E-state index contributed by atoms with van der Waals surface area (Å²) in [7, 11) is 2.06. The second-order valence-electron chi connectivity index (χ2n) is 9.52. The number of anilines is 1. The second-order valence-corrected chi connectivity index (χ2v) is 9.52. The van der Waals surface area contributed by atoms with Crippen molar-refractivity contribution in [1.29, 1.82) is 0 Å². The Morgan fingerprint density at radius 2 is 1.51 bits per heavy atom. The summed E-state index contributed by atoms with van der Waals surface area (Å²) in [6, 6.07) is 29.7. The highest BCUT2D eigenvalue weighted by molar-refractivity contribution is 5.75. The molecule has 7 nitrogen and oxygen atoms in total. The molecule has 39 heavy (non-hydrogen) atoms. The zero-order chi connectivity index (χ0) is 26.8. The van der Waals surface area contributed by atoms with E-state index in [-0.39, 0.29) is 0 Å². The molecule has 1 aliphatic rings. The normalized spacial score (nSPS) is 12.7. The van der Waals surface area contributed by atoms with Crippen molar-refractivity contribution in [2.24, 2.45) is 0 Å². The van der Waals surface area contributed by atoms with Gasteiger partial charge in [0.1, 0.15) is 17.2 Å². The maximum atomic E-state index is 6.43. The standard InChI is InChI=1S/C32H29N5O2/c1-23-32(24(2)37(34-23)26-10-5-4-6-11-26)25-18-27(36-17-16-35(3)22-36)20-30(19-25)38-28-12-9-13-29(21-28)39-31-14-7-8-15-33-31/h4-21H,22H2,1-3H3. The monoisotopic (exact) mass is 515 g/mol. The van der Waals surface area contributed by atoms with Gasteiger partial charge in [0.15, 0.2) is 0 Å². The average Bonchev–Trinajstić information content (AvgIpc) is 3.52. The number of hydrogen-bond acceptors (Lipinski definition) is 6. The van der Waals surface area contributed by atoms with Gasteiger partial charge in [-0.05, 0) is 61.9 Å². The van der Waals surface area contributed by atoms with Crippen molar-refractivity contribution >= 4 is 5.69 Å². The van der Waals surface area contributed by atoms with Gasteiger partial charge >= 0.3 is 0 Å². The van der Waals surface area contributed by atoms with E-state index < -0.39 is 0 Å². The average molecular weight is 516 g/mol. The first-order valence-electron chi connectivity index (χ1n) is 12.8. The summed E-state index contributed by atoms with van der Waals surface area (Å²) >= 11 is 0. The largest absolute Gasteiger partial charge is 0.457 e. The fourth-order valence-electron chi connectivity index (χ4n) is 4.80. The predicted molar refractivity (Wildman–Crippen MR) is 154 cm³/mol. The molecule has 3 heterocycles. The number of pyridine rings is 1. The zero-order valence-corrected chi connectivity index (χ0v) is 22.2. The summed E-state index contributed by atoms with van der Waals surface area (Å²) < 4.78 is 14.3. The summed E-state index contributed by atoms with van der Waals surface area (Å²) in [5, 5.41) is 4.88. The SMILES string of the molecule is Cc1nn(-c2ccccc2)c(C)c1-c1cc(Oc2cccc(Oc3ccccn3)c2)cc(N2C=CN(C)C2)c1. The van der Waals surface area contributed by atoms with Crippen molar-refractivity contribution in [3.63, 3.8) is 0 Å². The van der Waals surface area contributed by atoms with E-state index in [9.17, 15) is 0 Å². The van der Waals surface area contributed by atoms with Crippen molar-refractivity contribution in [1.82, 2.24) is 19.7 Å². The molecular weight excluding hydrogens is 486 g/mol. The Morgan fingerprint density at radius 1 is 0.718 bits per heavy atom. The predicted octanol–water partition coefficient (Wildman–Crippen LogP) is 7.32. The maximum absolute atomic E-state index is 6.43. The molecule has 5 aromatic rings. The summed E-state index contributed by atoms with van der Waals surface area (Å²) in [5.74, 6) is 2.59. The van der Waals surface area contributed by atoms with E-state index in [2.05, 4.69) is 78.4 Å². The van der Waals surface area contributed by atoms with Crippen LogP contribution >= 0.6 is 0 Å². The van der Waals surface area contributed by atoms with Gasteiger partial charge in [-0.25, -0.2) is 9.67 Å². The molecule has 194 valence electrons. The fraction of sp³-hybridized carbons (Fsp3) is 0.125. The highest BCUT2D eigenvalue weighted by Gasteiger charge is 2.19. The van der Waals surface area contributed by atoms with Gasteiger partial charge in [0.2, 0.25) is 5.88 Å². The van der Waals surface area contributed by atoms with Gasteiger partial charge in [0, 0.05) is 60.8 Å². The lowest BCUT2D eigenvalue weighted by molar-refractivity contribution is 0.449. The number of benzene rings is 3. The molecule has 0 atom stereocenters. The maximum Gasteiger partial charge on any atom is 0.219 e. The van der Waals surface area contributed by atoms with Crippen LogP contribution in [-0.2, 0) is 0 Å². The molecule has 0 bridgehead atoms. The molecule has 0 saturated carbocycles. The van der Waals surface area contributed by atoms with Gasteiger partial charge in [0.25, 0.3) is 0 Å². The van der Waals surface area contributed by atoms with Crippen LogP contribution in [0.25, 0.3) is 16.8 Å². The van der Waals surface area contributed by atoms with E-state index in [1.165, 1.54) is 0 Å². The molecule has 0 saturated heterocycles. The zero-order valence-electron chi connectivity index (χ0n) is 22.2. The van der Waals surface area contributed by atoms with Crippen LogP contribution in [-0.4, -0.2) is 33.4 Å². The van der Waals surface area contributed by atoms with Crippen molar-refractivity contribution < 1.29 is 9.47 Å². The van der Waals surface area contributed by atoms with Gasteiger partial charge in [-0.1, -0.05) is 30.3 Å². The lowest BCUT2D eigenvalue weighted by atomic mass is 10.0. The van der Waals surface area contributed by atoms with E-state index in [0.717, 1.165) is 46.3 Å². The first-order valence-corrected chi connectivity index (χ1v) is 12.8. The Hall–Kier alpha value is -5.04. The van der Waals surface area contributed by atoms with Crippen LogP contribution in [0.4, 0.5) is 5.69 Å². The number of hydrogen-bond donors (Lipinski definition) is 0. The van der Waals surface area contributed by atoms with E-state index in [0.29, 0.717) is 17.4 Å². The summed E-state index contributed by atoms with van der Waals surface area (Å²) in [6.45, 7) is 4.92. The first-order chi connectivity index (χ1) is 19.0. The summed E-state index contributed by atoms with van der Waals surface area (Å²) in [5.41, 5.74) is 6.24. The Morgan fingerprint density at radius 3 is 2.26 bits per heavy atom. The number of rotatable bonds is 7. The minimum atomic E-state index is 0.533. The van der Waals surface area contributed by atoms with Crippen LogP contribution in [0.15, 0.2) is 110 Å². The smallest absolute Gasteiger partial charge is 0.219 e. The molecule has 0 amide bonds. The molecule has 6 rings (SSSR count). The third-order valence-electron chi connectivity index (χ3n) is 6.58. The van der Waals surface area contributed by atoms with Crippen LogP contribution in [0, 0.1) is 13.8 Å². The van der Waals surface area contributed by atoms with Crippen molar-refractivity contribution in [2.45, 2.75) is 13.8 Å². The first kappa shape index (κ1) is 24.3. The molecule has 2 aromatic heterocycles. The second kappa shape index (κ2) is 10.4. The van der Waals surface area contributed by atoms with Crippen LogP contribution in [0.1, 0.15) is 11.4 Å². The summed E-state index contributed by atoms with van der Waals surface area (Å²) in [4.78, 5) is 8.58. The Bertz CT molecular complexity index is 1630. The van der Waals surface area contributed by atoms with Crippen molar-refractivity contribution in [3.8, 4) is 39.9 Å². The van der Waals surface area contributed by atoms with E-state index >= 15 is 0 Å². The Balaban J connectivity index is 1.38. The van der Waals surface area contributed by atoms with Crippen LogP contribution in [0.3, 0.4) is 0 Å². The third-order valence-corrected chi connectivity index (χ3v) is 6.58. The van der Waals surface area contributed by atoms with E-state index in [1.54, 1.807) is 6.20 Å².